The van der Waals surface area contributed by atoms with Crippen molar-refractivity contribution in [1.29, 1.82) is 0 Å². The molecule has 2 heterocycles. The molecule has 0 fully saturated rings. The second kappa shape index (κ2) is 7.25. The Morgan fingerprint density at radius 3 is 2.77 bits per heavy atom. The number of hydrogen-bond acceptors (Lipinski definition) is 5. The maximum absolute atomic E-state index is 13.1. The number of halogens is 1. The number of fused-ring (bicyclic) bond motifs is 1. The molecule has 0 amide bonds. The SMILES string of the molecule is COc1ccccc1Cc1nc2sc(C(=O)O)c(C)c2c(=O)n1CCF. The number of carboxylic acid groups (broad SMARTS) is 1. The first-order valence-electron chi connectivity index (χ1n) is 7.91. The minimum atomic E-state index is -1.10. The smallest absolute Gasteiger partial charge is 0.346 e. The van der Waals surface area contributed by atoms with Crippen molar-refractivity contribution < 1.29 is 19.0 Å². The van der Waals surface area contributed by atoms with Gasteiger partial charge in [0.1, 0.15) is 28.0 Å². The molecule has 3 rings (SSSR count). The van der Waals surface area contributed by atoms with Crippen LogP contribution in [0.25, 0.3) is 10.2 Å². The number of rotatable bonds is 6. The summed E-state index contributed by atoms with van der Waals surface area (Å²) in [5.74, 6) is -0.0849. The number of carboxylic acids is 1. The molecule has 0 aliphatic heterocycles. The lowest BCUT2D eigenvalue weighted by molar-refractivity contribution is 0.0701. The van der Waals surface area contributed by atoms with E-state index in [2.05, 4.69) is 4.98 Å². The highest BCUT2D eigenvalue weighted by Gasteiger charge is 2.21. The summed E-state index contributed by atoms with van der Waals surface area (Å²) in [6.07, 6.45) is 0.272. The number of carbonyl (C=O) groups is 1. The predicted molar refractivity (Wildman–Crippen MR) is 97.4 cm³/mol. The van der Waals surface area contributed by atoms with Crippen molar-refractivity contribution in [2.45, 2.75) is 19.9 Å². The highest BCUT2D eigenvalue weighted by atomic mass is 32.1. The van der Waals surface area contributed by atoms with Crippen LogP contribution in [0.1, 0.15) is 26.6 Å². The van der Waals surface area contributed by atoms with Gasteiger partial charge in [-0.3, -0.25) is 9.36 Å². The summed E-state index contributed by atoms with van der Waals surface area (Å²) in [6, 6.07) is 7.31. The van der Waals surface area contributed by atoms with Crippen LogP contribution >= 0.6 is 11.3 Å². The number of aromatic carboxylic acids is 1. The Morgan fingerprint density at radius 1 is 1.38 bits per heavy atom. The number of nitrogens with zero attached hydrogens (tertiary/aromatic N) is 2. The van der Waals surface area contributed by atoms with Gasteiger partial charge in [0.05, 0.1) is 19.0 Å². The van der Waals surface area contributed by atoms with Crippen LogP contribution in [0, 0.1) is 6.92 Å². The van der Waals surface area contributed by atoms with Crippen LogP contribution in [0.4, 0.5) is 4.39 Å². The van der Waals surface area contributed by atoms with Crippen LogP contribution < -0.4 is 10.3 Å². The van der Waals surface area contributed by atoms with Crippen LogP contribution in [-0.2, 0) is 13.0 Å². The first kappa shape index (κ1) is 18.1. The Balaban J connectivity index is 2.22. The zero-order valence-corrected chi connectivity index (χ0v) is 15.1. The molecule has 6 nitrogen and oxygen atoms in total. The molecule has 0 unspecified atom stereocenters. The largest absolute Gasteiger partial charge is 0.496 e. The van der Waals surface area contributed by atoms with Crippen molar-refractivity contribution in [2.24, 2.45) is 0 Å². The molecule has 8 heteroatoms. The molecule has 0 atom stereocenters. The molecule has 2 aromatic heterocycles. The van der Waals surface area contributed by atoms with Crippen LogP contribution in [0.2, 0.25) is 0 Å². The van der Waals surface area contributed by atoms with Gasteiger partial charge in [0, 0.05) is 12.0 Å². The number of alkyl halides is 1. The van der Waals surface area contributed by atoms with E-state index >= 15 is 0 Å². The van der Waals surface area contributed by atoms with Crippen LogP contribution in [0.5, 0.6) is 5.75 Å². The maximum Gasteiger partial charge on any atom is 0.346 e. The topological polar surface area (TPSA) is 81.4 Å². The van der Waals surface area contributed by atoms with Gasteiger partial charge in [0.2, 0.25) is 0 Å². The van der Waals surface area contributed by atoms with Crippen molar-refractivity contribution in [3.8, 4) is 5.75 Å². The van der Waals surface area contributed by atoms with Crippen molar-refractivity contribution in [3.63, 3.8) is 0 Å². The van der Waals surface area contributed by atoms with E-state index in [0.29, 0.717) is 22.0 Å². The van der Waals surface area contributed by atoms with E-state index in [0.717, 1.165) is 16.9 Å². The minimum Gasteiger partial charge on any atom is -0.496 e. The fourth-order valence-corrected chi connectivity index (χ4v) is 3.96. The van der Waals surface area contributed by atoms with E-state index in [-0.39, 0.29) is 23.2 Å². The normalized spacial score (nSPS) is 11.0. The first-order valence-corrected chi connectivity index (χ1v) is 8.73. The Hall–Kier alpha value is -2.74. The molecule has 1 aromatic carbocycles. The van der Waals surface area contributed by atoms with E-state index in [1.54, 1.807) is 20.1 Å². The monoisotopic (exact) mass is 376 g/mol. The molecular formula is C18H17FN2O4S. The molecule has 0 saturated heterocycles. The first-order chi connectivity index (χ1) is 12.5. The molecule has 3 aromatic rings. The van der Waals surface area contributed by atoms with Gasteiger partial charge in [0.15, 0.2) is 0 Å². The molecular weight excluding hydrogens is 359 g/mol. The van der Waals surface area contributed by atoms with Gasteiger partial charge in [-0.15, -0.1) is 11.3 Å². The predicted octanol–water partition coefficient (Wildman–Crippen LogP) is 3.03. The van der Waals surface area contributed by atoms with Crippen LogP contribution in [-0.4, -0.2) is 34.4 Å². The van der Waals surface area contributed by atoms with Crippen LogP contribution in [0.15, 0.2) is 29.1 Å². The Kier molecular flexibility index (Phi) is 5.03. The average Bonchev–Trinajstić information content (AvgIpc) is 2.95. The quantitative estimate of drug-likeness (QED) is 0.715. The van der Waals surface area contributed by atoms with E-state index in [1.165, 1.54) is 4.57 Å². The third kappa shape index (κ3) is 3.08. The van der Waals surface area contributed by atoms with Crippen LogP contribution in [0.3, 0.4) is 0 Å². The second-order valence-electron chi connectivity index (χ2n) is 5.70. The molecule has 136 valence electrons. The summed E-state index contributed by atoms with van der Waals surface area (Å²) in [4.78, 5) is 29.2. The lowest BCUT2D eigenvalue weighted by Crippen LogP contribution is -2.26. The summed E-state index contributed by atoms with van der Waals surface area (Å²) in [5, 5.41) is 9.54. The summed E-state index contributed by atoms with van der Waals surface area (Å²) < 4.78 is 19.7. The highest BCUT2D eigenvalue weighted by Crippen LogP contribution is 2.28. The fraction of sp³-hybridized carbons (Fsp3) is 0.278. The number of aryl methyl sites for hydroxylation is 1. The van der Waals surface area contributed by atoms with Crippen molar-refractivity contribution in [2.75, 3.05) is 13.8 Å². The van der Waals surface area contributed by atoms with Gasteiger partial charge in [-0.2, -0.15) is 0 Å². The number of para-hydroxylation sites is 1. The number of thiophene rings is 1. The zero-order chi connectivity index (χ0) is 18.8. The molecule has 26 heavy (non-hydrogen) atoms. The van der Waals surface area contributed by atoms with Gasteiger partial charge in [-0.1, -0.05) is 18.2 Å². The van der Waals surface area contributed by atoms with E-state index < -0.39 is 18.2 Å². The number of hydrogen-bond donors (Lipinski definition) is 1. The number of ether oxygens (including phenoxy) is 1. The summed E-state index contributed by atoms with van der Waals surface area (Å²) in [5.41, 5.74) is 0.755. The number of benzene rings is 1. The fourth-order valence-electron chi connectivity index (χ4n) is 2.93. The standard InChI is InChI=1S/C18H17FN2O4S/c1-10-14-16(26-15(10)18(23)24)20-13(21(8-7-19)17(14)22)9-11-5-3-4-6-12(11)25-2/h3-6H,7-9H2,1-2H3,(H,23,24). The van der Waals surface area contributed by atoms with E-state index in [9.17, 15) is 19.1 Å². The van der Waals surface area contributed by atoms with E-state index in [1.807, 2.05) is 18.2 Å². The third-order valence-electron chi connectivity index (χ3n) is 4.17. The van der Waals surface area contributed by atoms with Crippen molar-refractivity contribution in [1.82, 2.24) is 9.55 Å². The molecule has 1 N–H and O–H groups in total. The highest BCUT2D eigenvalue weighted by molar-refractivity contribution is 7.20. The van der Waals surface area contributed by atoms with Gasteiger partial charge in [0.25, 0.3) is 5.56 Å². The van der Waals surface area contributed by atoms with Crippen molar-refractivity contribution in [3.05, 3.63) is 56.4 Å². The molecule has 0 radical (unpaired) electrons. The second-order valence-corrected chi connectivity index (χ2v) is 6.70. The third-order valence-corrected chi connectivity index (χ3v) is 5.35. The van der Waals surface area contributed by atoms with Crippen molar-refractivity contribution >= 4 is 27.5 Å². The molecule has 0 aliphatic carbocycles. The molecule has 0 bridgehead atoms. The Bertz CT molecular complexity index is 1040. The van der Waals surface area contributed by atoms with E-state index in [4.69, 9.17) is 4.74 Å². The zero-order valence-electron chi connectivity index (χ0n) is 14.3. The number of aromatic nitrogens is 2. The minimum absolute atomic E-state index is 0.0749. The van der Waals surface area contributed by atoms with Gasteiger partial charge in [-0.05, 0) is 18.6 Å². The Labute approximate surface area is 152 Å². The molecule has 0 aliphatic rings. The summed E-state index contributed by atoms with van der Waals surface area (Å²) >= 11 is 0.959. The molecule has 0 saturated carbocycles. The Morgan fingerprint density at radius 2 is 2.12 bits per heavy atom. The maximum atomic E-state index is 13.1. The van der Waals surface area contributed by atoms with Gasteiger partial charge in [-0.25, -0.2) is 14.2 Å². The average molecular weight is 376 g/mol. The van der Waals surface area contributed by atoms with Gasteiger partial charge < -0.3 is 9.84 Å². The lowest BCUT2D eigenvalue weighted by Gasteiger charge is -2.13. The summed E-state index contributed by atoms with van der Waals surface area (Å²) in [7, 11) is 1.55. The van der Waals surface area contributed by atoms with Gasteiger partial charge >= 0.3 is 5.97 Å². The summed E-state index contributed by atoms with van der Waals surface area (Å²) in [6.45, 7) is 0.718. The lowest BCUT2D eigenvalue weighted by atomic mass is 10.1. The number of methoxy groups -OCH3 is 1. The molecule has 0 spiro atoms.